The average Bonchev–Trinajstić information content (AvgIpc) is 3.46. The number of hydrogen-bond donors (Lipinski definition) is 0. The highest BCUT2D eigenvalue weighted by atomic mass is 19.3. The van der Waals surface area contributed by atoms with E-state index in [2.05, 4.69) is 15.5 Å². The molecule has 2 heterocycles. The molecule has 4 nitrogen and oxygen atoms in total. The number of hydrogen-bond acceptors (Lipinski definition) is 4. The van der Waals surface area contributed by atoms with Crippen molar-refractivity contribution in [2.45, 2.75) is 44.8 Å². The largest absolute Gasteiger partial charge is 0.586 e. The maximum atomic E-state index is 13.3. The first-order valence-electron chi connectivity index (χ1n) is 10.2. The number of alkyl halides is 2. The Morgan fingerprint density at radius 3 is 2.52 bits per heavy atom. The molecule has 5 rings (SSSR count). The lowest BCUT2D eigenvalue weighted by Gasteiger charge is -2.16. The zero-order chi connectivity index (χ0) is 21.8. The number of Topliss-reactive ketones (excluding diaryl/α,β-unsaturated/α-hetero) is 1. The maximum Gasteiger partial charge on any atom is 0.586 e. The molecule has 31 heavy (non-hydrogen) atoms. The maximum absolute atomic E-state index is 13.3. The summed E-state index contributed by atoms with van der Waals surface area (Å²) < 4.78 is 35.7. The van der Waals surface area contributed by atoms with Crippen molar-refractivity contribution in [3.63, 3.8) is 0 Å². The molecule has 0 N–H and O–H groups in total. The second-order valence-corrected chi connectivity index (χ2v) is 8.35. The lowest BCUT2D eigenvalue weighted by Crippen LogP contribution is -2.26. The smallest absolute Gasteiger partial charge is 0.395 e. The van der Waals surface area contributed by atoms with Gasteiger partial charge in [0.2, 0.25) is 0 Å². The monoisotopic (exact) mass is 421 g/mol. The van der Waals surface area contributed by atoms with Crippen LogP contribution in [0, 0.1) is 13.8 Å². The molecule has 1 aliphatic heterocycles. The number of fused-ring (bicyclic) bond motifs is 1. The second kappa shape index (κ2) is 6.87. The molecule has 2 aromatic carbocycles. The quantitative estimate of drug-likeness (QED) is 0.544. The third kappa shape index (κ3) is 3.56. The van der Waals surface area contributed by atoms with Crippen LogP contribution in [0.3, 0.4) is 0 Å². The van der Waals surface area contributed by atoms with Crippen LogP contribution in [0.1, 0.15) is 35.2 Å². The number of ether oxygens (including phenoxy) is 2. The van der Waals surface area contributed by atoms with E-state index in [-0.39, 0.29) is 23.7 Å². The number of aryl methyl sites for hydroxylation is 2. The number of ketones is 1. The van der Waals surface area contributed by atoms with Gasteiger partial charge in [-0.25, -0.2) is 0 Å². The van der Waals surface area contributed by atoms with Gasteiger partial charge >= 0.3 is 6.29 Å². The highest BCUT2D eigenvalue weighted by molar-refractivity contribution is 5.94. The molecule has 0 radical (unpaired) electrons. The Labute approximate surface area is 178 Å². The van der Waals surface area contributed by atoms with Crippen LogP contribution in [-0.4, -0.2) is 17.1 Å². The topological polar surface area (TPSA) is 48.4 Å². The van der Waals surface area contributed by atoms with Gasteiger partial charge in [-0.3, -0.25) is 9.78 Å². The molecule has 1 aromatic heterocycles. The van der Waals surface area contributed by atoms with Gasteiger partial charge in [0.25, 0.3) is 0 Å². The van der Waals surface area contributed by atoms with Crippen molar-refractivity contribution in [3.05, 3.63) is 77.0 Å². The number of rotatable bonds is 5. The van der Waals surface area contributed by atoms with Crippen molar-refractivity contribution in [3.8, 4) is 22.8 Å². The van der Waals surface area contributed by atoms with Crippen LogP contribution >= 0.6 is 0 Å². The van der Waals surface area contributed by atoms with Crippen LogP contribution in [-0.2, 0) is 16.6 Å². The molecule has 0 amide bonds. The van der Waals surface area contributed by atoms with E-state index in [1.807, 2.05) is 44.2 Å². The second-order valence-electron chi connectivity index (χ2n) is 8.35. The minimum absolute atomic E-state index is 0.0139. The predicted molar refractivity (Wildman–Crippen MR) is 111 cm³/mol. The van der Waals surface area contributed by atoms with E-state index in [9.17, 15) is 13.6 Å². The van der Waals surface area contributed by atoms with E-state index in [1.54, 1.807) is 6.07 Å². The van der Waals surface area contributed by atoms with Gasteiger partial charge in [0.05, 0.1) is 11.1 Å². The van der Waals surface area contributed by atoms with E-state index in [0.717, 1.165) is 22.4 Å². The fourth-order valence-electron chi connectivity index (χ4n) is 4.19. The van der Waals surface area contributed by atoms with Crippen molar-refractivity contribution in [1.82, 2.24) is 4.98 Å². The van der Waals surface area contributed by atoms with Crippen molar-refractivity contribution in [2.75, 3.05) is 0 Å². The molecule has 6 heteroatoms. The summed E-state index contributed by atoms with van der Waals surface area (Å²) in [6.45, 7) is 4.03. The zero-order valence-corrected chi connectivity index (χ0v) is 17.2. The Bertz CT molecular complexity index is 1200. The SMILES string of the molecule is Cc1cccc(-c2nc(CC(=O)C3(c4ccc5c(c4)OC(F)(F)O5)CC3)ccc2C)c1. The molecular formula is C25H21F2NO3. The average molecular weight is 421 g/mol. The summed E-state index contributed by atoms with van der Waals surface area (Å²) in [5.74, 6) is -0.0126. The summed E-state index contributed by atoms with van der Waals surface area (Å²) in [4.78, 5) is 18.0. The molecular weight excluding hydrogens is 400 g/mol. The number of nitrogens with zero attached hydrogens (tertiary/aromatic N) is 1. The van der Waals surface area contributed by atoms with Gasteiger partial charge in [-0.1, -0.05) is 35.9 Å². The first-order chi connectivity index (χ1) is 14.8. The number of carbonyl (C=O) groups excluding carboxylic acids is 1. The minimum Gasteiger partial charge on any atom is -0.395 e. The number of carbonyl (C=O) groups is 1. The van der Waals surface area contributed by atoms with Crippen molar-refractivity contribution < 1.29 is 23.0 Å². The van der Waals surface area contributed by atoms with Crippen LogP contribution in [0.4, 0.5) is 8.78 Å². The Balaban J connectivity index is 1.40. The van der Waals surface area contributed by atoms with Gasteiger partial charge in [-0.2, -0.15) is 0 Å². The van der Waals surface area contributed by atoms with Crippen molar-refractivity contribution in [1.29, 1.82) is 0 Å². The molecule has 0 bridgehead atoms. The lowest BCUT2D eigenvalue weighted by atomic mass is 9.88. The van der Waals surface area contributed by atoms with Gasteiger partial charge in [-0.05, 0) is 62.1 Å². The summed E-state index contributed by atoms with van der Waals surface area (Å²) in [7, 11) is 0. The Hall–Kier alpha value is -3.28. The van der Waals surface area contributed by atoms with Crippen molar-refractivity contribution >= 4 is 5.78 Å². The van der Waals surface area contributed by atoms with Crippen LogP contribution in [0.15, 0.2) is 54.6 Å². The molecule has 0 atom stereocenters. The van der Waals surface area contributed by atoms with E-state index < -0.39 is 11.7 Å². The van der Waals surface area contributed by atoms with E-state index in [4.69, 9.17) is 4.98 Å². The lowest BCUT2D eigenvalue weighted by molar-refractivity contribution is -0.286. The Morgan fingerprint density at radius 1 is 1.00 bits per heavy atom. The summed E-state index contributed by atoms with van der Waals surface area (Å²) in [6.07, 6.45) is -2.12. The summed E-state index contributed by atoms with van der Waals surface area (Å²) in [6, 6.07) is 16.6. The third-order valence-corrected chi connectivity index (χ3v) is 6.03. The van der Waals surface area contributed by atoms with E-state index in [1.165, 1.54) is 12.1 Å². The van der Waals surface area contributed by atoms with Gasteiger partial charge < -0.3 is 9.47 Å². The van der Waals surface area contributed by atoms with Gasteiger partial charge in [0, 0.05) is 17.7 Å². The van der Waals surface area contributed by atoms with Crippen LogP contribution in [0.25, 0.3) is 11.3 Å². The van der Waals surface area contributed by atoms with Gasteiger partial charge in [0.1, 0.15) is 5.78 Å². The number of benzene rings is 2. The molecule has 2 aliphatic rings. The van der Waals surface area contributed by atoms with E-state index in [0.29, 0.717) is 24.1 Å². The first kappa shape index (κ1) is 19.7. The molecule has 0 unspecified atom stereocenters. The number of halogens is 2. The minimum atomic E-state index is -3.67. The summed E-state index contributed by atoms with van der Waals surface area (Å²) >= 11 is 0. The molecule has 0 spiro atoms. The van der Waals surface area contributed by atoms with Crippen LogP contribution < -0.4 is 9.47 Å². The molecule has 3 aromatic rings. The third-order valence-electron chi connectivity index (χ3n) is 6.03. The highest BCUT2D eigenvalue weighted by Gasteiger charge is 2.52. The zero-order valence-electron chi connectivity index (χ0n) is 17.2. The molecule has 1 aliphatic carbocycles. The van der Waals surface area contributed by atoms with Gasteiger partial charge in [0.15, 0.2) is 11.5 Å². The van der Waals surface area contributed by atoms with Gasteiger partial charge in [-0.15, -0.1) is 8.78 Å². The van der Waals surface area contributed by atoms with Crippen LogP contribution in [0.2, 0.25) is 0 Å². The number of pyridine rings is 1. The number of aromatic nitrogens is 1. The molecule has 1 saturated carbocycles. The first-order valence-corrected chi connectivity index (χ1v) is 10.2. The molecule has 158 valence electrons. The fourth-order valence-corrected chi connectivity index (χ4v) is 4.19. The van der Waals surface area contributed by atoms with Crippen LogP contribution in [0.5, 0.6) is 11.5 Å². The molecule has 0 saturated heterocycles. The standard InChI is InChI=1S/C25H21F2NO3/c1-15-4-3-5-17(12-15)23-16(2)6-8-19(28-23)14-22(29)24(10-11-24)18-7-9-20-21(13-18)31-25(26,27)30-20/h3-9,12-13H,10-11,14H2,1-2H3. The Morgan fingerprint density at radius 2 is 1.77 bits per heavy atom. The predicted octanol–water partition coefficient (Wildman–Crippen LogP) is 5.53. The molecule has 1 fully saturated rings. The summed E-state index contributed by atoms with van der Waals surface area (Å²) in [5.41, 5.74) is 4.78. The highest BCUT2D eigenvalue weighted by Crippen LogP contribution is 2.52. The van der Waals surface area contributed by atoms with E-state index >= 15 is 0 Å². The normalized spacial score (nSPS) is 17.4. The van der Waals surface area contributed by atoms with Crippen molar-refractivity contribution in [2.24, 2.45) is 0 Å². The fraction of sp³-hybridized carbons (Fsp3) is 0.280. The summed E-state index contributed by atoms with van der Waals surface area (Å²) in [5, 5.41) is 0. The Kier molecular flexibility index (Phi) is 4.36.